The number of carbonyl (C=O) groups excluding carboxylic acids is 1. The zero-order valence-corrected chi connectivity index (χ0v) is 12.1. The van der Waals surface area contributed by atoms with Gasteiger partial charge in [-0.05, 0) is 31.6 Å². The minimum absolute atomic E-state index is 0.369. The summed E-state index contributed by atoms with van der Waals surface area (Å²) in [5.41, 5.74) is 0. The Morgan fingerprint density at radius 3 is 2.50 bits per heavy atom. The molecule has 0 aromatic carbocycles. The predicted octanol–water partition coefficient (Wildman–Crippen LogP) is 2.41. The molecule has 2 aliphatic rings. The fourth-order valence-corrected chi connectivity index (χ4v) is 3.56. The molecule has 2 heterocycles. The molecule has 0 spiro atoms. The van der Waals surface area contributed by atoms with Gasteiger partial charge in [0.1, 0.15) is 0 Å². The second-order valence-corrected chi connectivity index (χ2v) is 6.20. The smallest absolute Gasteiger partial charge is 0.222 e. The monoisotopic (exact) mass is 276 g/mol. The Bertz CT molecular complexity index is 417. The standard InChI is InChI=1S/C15H24N4O/c20-15(12-13-4-2-1-3-5-13)18-9-6-14(7-10-18)19-11-8-16-17-19/h8,11,13-14H,1-7,9-10,12H2. The summed E-state index contributed by atoms with van der Waals surface area (Å²) in [4.78, 5) is 14.4. The summed E-state index contributed by atoms with van der Waals surface area (Å²) in [5, 5.41) is 7.93. The Morgan fingerprint density at radius 1 is 1.10 bits per heavy atom. The van der Waals surface area contributed by atoms with Crippen LogP contribution in [0.2, 0.25) is 0 Å². The molecule has 0 unspecified atom stereocenters. The van der Waals surface area contributed by atoms with Crippen LogP contribution in [0.4, 0.5) is 0 Å². The number of nitrogens with zero attached hydrogens (tertiary/aromatic N) is 4. The van der Waals surface area contributed by atoms with E-state index in [4.69, 9.17) is 0 Å². The van der Waals surface area contributed by atoms with E-state index in [-0.39, 0.29) is 0 Å². The molecule has 1 saturated carbocycles. The van der Waals surface area contributed by atoms with Gasteiger partial charge in [0.25, 0.3) is 0 Å². The van der Waals surface area contributed by atoms with Gasteiger partial charge < -0.3 is 4.90 Å². The molecule has 2 fully saturated rings. The summed E-state index contributed by atoms with van der Waals surface area (Å²) in [7, 11) is 0. The first kappa shape index (κ1) is 13.6. The third-order valence-electron chi connectivity index (χ3n) is 4.82. The Hall–Kier alpha value is -1.39. The SMILES string of the molecule is O=C(CC1CCCCC1)N1CCC(n2ccnn2)CC1. The van der Waals surface area contributed by atoms with Crippen molar-refractivity contribution in [1.29, 1.82) is 0 Å². The van der Waals surface area contributed by atoms with Crippen molar-refractivity contribution in [2.75, 3.05) is 13.1 Å². The van der Waals surface area contributed by atoms with Crippen LogP contribution in [-0.4, -0.2) is 38.9 Å². The fourth-order valence-electron chi connectivity index (χ4n) is 3.56. The van der Waals surface area contributed by atoms with E-state index in [0.29, 0.717) is 17.9 Å². The molecular weight excluding hydrogens is 252 g/mol. The largest absolute Gasteiger partial charge is 0.343 e. The maximum atomic E-state index is 12.4. The van der Waals surface area contributed by atoms with Crippen molar-refractivity contribution in [3.05, 3.63) is 12.4 Å². The topological polar surface area (TPSA) is 51.0 Å². The van der Waals surface area contributed by atoms with E-state index in [2.05, 4.69) is 15.2 Å². The van der Waals surface area contributed by atoms with Crippen LogP contribution in [0.5, 0.6) is 0 Å². The number of piperidine rings is 1. The van der Waals surface area contributed by atoms with Crippen LogP contribution in [0.3, 0.4) is 0 Å². The minimum Gasteiger partial charge on any atom is -0.343 e. The van der Waals surface area contributed by atoms with Gasteiger partial charge in [-0.1, -0.05) is 24.5 Å². The maximum Gasteiger partial charge on any atom is 0.222 e. The zero-order chi connectivity index (χ0) is 13.8. The van der Waals surface area contributed by atoms with Crippen molar-refractivity contribution in [2.45, 2.75) is 57.4 Å². The minimum atomic E-state index is 0.369. The first-order valence-electron chi connectivity index (χ1n) is 7.96. The molecule has 0 radical (unpaired) electrons. The third kappa shape index (κ3) is 3.19. The third-order valence-corrected chi connectivity index (χ3v) is 4.82. The van der Waals surface area contributed by atoms with Crippen LogP contribution >= 0.6 is 0 Å². The molecule has 3 rings (SSSR count). The molecule has 0 atom stereocenters. The van der Waals surface area contributed by atoms with E-state index in [1.807, 2.05) is 10.9 Å². The number of aromatic nitrogens is 3. The van der Waals surface area contributed by atoms with E-state index in [0.717, 1.165) is 32.4 Å². The van der Waals surface area contributed by atoms with E-state index in [9.17, 15) is 4.79 Å². The zero-order valence-electron chi connectivity index (χ0n) is 12.1. The molecular formula is C15H24N4O. The van der Waals surface area contributed by atoms with Crippen LogP contribution in [0.25, 0.3) is 0 Å². The number of rotatable bonds is 3. The van der Waals surface area contributed by atoms with Gasteiger partial charge in [0.05, 0.1) is 12.2 Å². The highest BCUT2D eigenvalue weighted by atomic mass is 16.2. The second-order valence-electron chi connectivity index (χ2n) is 6.20. The fraction of sp³-hybridized carbons (Fsp3) is 0.800. The van der Waals surface area contributed by atoms with Crippen molar-refractivity contribution < 1.29 is 4.79 Å². The summed E-state index contributed by atoms with van der Waals surface area (Å²) in [6.45, 7) is 1.74. The van der Waals surface area contributed by atoms with Crippen LogP contribution in [-0.2, 0) is 4.79 Å². The summed E-state index contributed by atoms with van der Waals surface area (Å²) in [6, 6.07) is 0.413. The molecule has 1 aromatic rings. The molecule has 1 aliphatic heterocycles. The lowest BCUT2D eigenvalue weighted by atomic mass is 9.86. The van der Waals surface area contributed by atoms with Gasteiger partial charge in [-0.2, -0.15) is 0 Å². The van der Waals surface area contributed by atoms with Gasteiger partial charge in [0, 0.05) is 25.7 Å². The molecule has 5 nitrogen and oxygen atoms in total. The van der Waals surface area contributed by atoms with Gasteiger partial charge in [-0.15, -0.1) is 5.10 Å². The Balaban J connectivity index is 1.46. The summed E-state index contributed by atoms with van der Waals surface area (Å²) >= 11 is 0. The number of hydrogen-bond donors (Lipinski definition) is 0. The average molecular weight is 276 g/mol. The maximum absolute atomic E-state index is 12.4. The van der Waals surface area contributed by atoms with Gasteiger partial charge in [0.2, 0.25) is 5.91 Å². The first-order valence-corrected chi connectivity index (χ1v) is 7.96. The van der Waals surface area contributed by atoms with Crippen molar-refractivity contribution >= 4 is 5.91 Å². The van der Waals surface area contributed by atoms with Gasteiger partial charge in [0.15, 0.2) is 0 Å². The summed E-state index contributed by atoms with van der Waals surface area (Å²) in [6.07, 6.45) is 12.9. The Kier molecular flexibility index (Phi) is 4.33. The number of amides is 1. The van der Waals surface area contributed by atoms with E-state index in [1.165, 1.54) is 32.1 Å². The molecule has 110 valence electrons. The predicted molar refractivity (Wildman–Crippen MR) is 76.1 cm³/mol. The molecule has 1 aliphatic carbocycles. The lowest BCUT2D eigenvalue weighted by Gasteiger charge is -2.33. The van der Waals surface area contributed by atoms with Gasteiger partial charge in [-0.25, -0.2) is 4.68 Å². The Morgan fingerprint density at radius 2 is 1.85 bits per heavy atom. The molecule has 0 bridgehead atoms. The van der Waals surface area contributed by atoms with Crippen molar-refractivity contribution in [2.24, 2.45) is 5.92 Å². The molecule has 5 heteroatoms. The number of carbonyl (C=O) groups is 1. The lowest BCUT2D eigenvalue weighted by molar-refractivity contribution is -0.133. The number of likely N-dealkylation sites (tertiary alicyclic amines) is 1. The summed E-state index contributed by atoms with van der Waals surface area (Å²) in [5.74, 6) is 1.01. The lowest BCUT2D eigenvalue weighted by Crippen LogP contribution is -2.40. The van der Waals surface area contributed by atoms with E-state index in [1.54, 1.807) is 6.20 Å². The van der Waals surface area contributed by atoms with Crippen molar-refractivity contribution in [1.82, 2.24) is 19.9 Å². The van der Waals surface area contributed by atoms with Gasteiger partial charge in [-0.3, -0.25) is 4.79 Å². The van der Waals surface area contributed by atoms with Crippen LogP contribution in [0.1, 0.15) is 57.4 Å². The molecule has 0 N–H and O–H groups in total. The number of hydrogen-bond acceptors (Lipinski definition) is 3. The van der Waals surface area contributed by atoms with Crippen LogP contribution < -0.4 is 0 Å². The highest BCUT2D eigenvalue weighted by Crippen LogP contribution is 2.28. The highest BCUT2D eigenvalue weighted by Gasteiger charge is 2.26. The van der Waals surface area contributed by atoms with E-state index < -0.39 is 0 Å². The molecule has 1 aromatic heterocycles. The van der Waals surface area contributed by atoms with Crippen LogP contribution in [0, 0.1) is 5.92 Å². The normalized spacial score (nSPS) is 22.1. The van der Waals surface area contributed by atoms with Crippen LogP contribution in [0.15, 0.2) is 12.4 Å². The summed E-state index contributed by atoms with van der Waals surface area (Å²) < 4.78 is 1.93. The van der Waals surface area contributed by atoms with Gasteiger partial charge >= 0.3 is 0 Å². The Labute approximate surface area is 120 Å². The molecule has 1 amide bonds. The van der Waals surface area contributed by atoms with Crippen molar-refractivity contribution in [3.8, 4) is 0 Å². The average Bonchev–Trinajstić information content (AvgIpc) is 3.03. The van der Waals surface area contributed by atoms with E-state index >= 15 is 0 Å². The second kappa shape index (κ2) is 6.37. The highest BCUT2D eigenvalue weighted by molar-refractivity contribution is 5.76. The molecule has 20 heavy (non-hydrogen) atoms. The quantitative estimate of drug-likeness (QED) is 0.852. The van der Waals surface area contributed by atoms with Crippen molar-refractivity contribution in [3.63, 3.8) is 0 Å². The molecule has 1 saturated heterocycles. The first-order chi connectivity index (χ1) is 9.83.